The number of primary amides is 1. The Morgan fingerprint density at radius 2 is 1.76 bits per heavy atom. The summed E-state index contributed by atoms with van der Waals surface area (Å²) < 4.78 is 5.60. The van der Waals surface area contributed by atoms with Crippen molar-refractivity contribution in [1.82, 2.24) is 9.88 Å². The van der Waals surface area contributed by atoms with Gasteiger partial charge in [0.2, 0.25) is 5.91 Å². The minimum Gasteiger partial charge on any atom is -0.445 e. The second kappa shape index (κ2) is 9.43. The molecule has 0 bridgehead atoms. The molecule has 1 unspecified atom stereocenters. The first-order valence-electron chi connectivity index (χ1n) is 11.6. The zero-order valence-electron chi connectivity index (χ0n) is 18.9. The van der Waals surface area contributed by atoms with E-state index in [4.69, 9.17) is 10.5 Å². The van der Waals surface area contributed by atoms with E-state index >= 15 is 0 Å². The predicted molar refractivity (Wildman–Crippen MR) is 132 cm³/mol. The molecule has 6 heteroatoms. The van der Waals surface area contributed by atoms with Crippen LogP contribution in [0.5, 0.6) is 0 Å². The third-order valence-electron chi connectivity index (χ3n) is 6.54. The van der Waals surface area contributed by atoms with Crippen LogP contribution in [0, 0.1) is 0 Å². The number of hydrogen-bond acceptors (Lipinski definition) is 3. The largest absolute Gasteiger partial charge is 0.445 e. The molecule has 0 saturated carbocycles. The Balaban J connectivity index is 1.32. The van der Waals surface area contributed by atoms with Crippen molar-refractivity contribution in [2.24, 2.45) is 5.73 Å². The van der Waals surface area contributed by atoms with Gasteiger partial charge < -0.3 is 20.4 Å². The fraction of sp³-hybridized carbons (Fsp3) is 0.214. The highest BCUT2D eigenvalue weighted by Gasteiger charge is 2.30. The number of carbonyl (C=O) groups is 2. The summed E-state index contributed by atoms with van der Waals surface area (Å²) in [5.74, 6) is -0.432. The van der Waals surface area contributed by atoms with Gasteiger partial charge in [0.25, 0.3) is 0 Å². The first-order valence-corrected chi connectivity index (χ1v) is 11.6. The van der Waals surface area contributed by atoms with E-state index in [-0.39, 0.29) is 18.7 Å². The summed E-state index contributed by atoms with van der Waals surface area (Å²) in [4.78, 5) is 29.4. The molecule has 1 aromatic heterocycles. The van der Waals surface area contributed by atoms with Gasteiger partial charge in [0, 0.05) is 35.2 Å². The van der Waals surface area contributed by atoms with Gasteiger partial charge in [0.1, 0.15) is 6.61 Å². The molecule has 6 nitrogen and oxygen atoms in total. The van der Waals surface area contributed by atoms with Crippen molar-refractivity contribution in [3.05, 3.63) is 95.7 Å². The number of carbonyl (C=O) groups excluding carboxylic acids is 2. The zero-order valence-corrected chi connectivity index (χ0v) is 18.9. The second-order valence-electron chi connectivity index (χ2n) is 8.75. The van der Waals surface area contributed by atoms with E-state index in [1.165, 1.54) is 5.56 Å². The Kier molecular flexibility index (Phi) is 6.04. The molecule has 172 valence electrons. The molecule has 2 amide bonds. The maximum atomic E-state index is 12.8. The summed E-state index contributed by atoms with van der Waals surface area (Å²) in [7, 11) is 0. The standard InChI is InChI=1S/C28H27N3O3/c29-27(32)21-10-8-20(9-11-21)22-12-13-26-25(16-22)23(17-30-26)15-24-7-4-14-31(24)28(33)34-18-19-5-2-1-3-6-19/h1-3,5-6,8-13,16-17,24,30H,4,7,14-15,18H2,(H2,29,32). The molecule has 1 atom stereocenters. The van der Waals surface area contributed by atoms with E-state index in [2.05, 4.69) is 23.2 Å². The third kappa shape index (κ3) is 4.53. The summed E-state index contributed by atoms with van der Waals surface area (Å²) in [5.41, 5.74) is 11.2. The molecule has 1 aliphatic heterocycles. The molecule has 5 rings (SSSR count). The van der Waals surface area contributed by atoms with Crippen molar-refractivity contribution in [2.75, 3.05) is 6.54 Å². The average Bonchev–Trinajstić information content (AvgIpc) is 3.50. The summed E-state index contributed by atoms with van der Waals surface area (Å²) in [5, 5.41) is 1.14. The van der Waals surface area contributed by atoms with Gasteiger partial charge in [-0.05, 0) is 65.8 Å². The second-order valence-corrected chi connectivity index (χ2v) is 8.75. The van der Waals surface area contributed by atoms with Gasteiger partial charge in [0.15, 0.2) is 0 Å². The first-order chi connectivity index (χ1) is 16.6. The lowest BCUT2D eigenvalue weighted by Gasteiger charge is -2.24. The minimum absolute atomic E-state index is 0.112. The van der Waals surface area contributed by atoms with Crippen LogP contribution in [0.3, 0.4) is 0 Å². The number of amides is 2. The van der Waals surface area contributed by atoms with Crippen LogP contribution in [0.4, 0.5) is 4.79 Å². The van der Waals surface area contributed by atoms with Gasteiger partial charge in [-0.3, -0.25) is 4.79 Å². The highest BCUT2D eigenvalue weighted by Crippen LogP contribution is 2.30. The molecule has 0 radical (unpaired) electrons. The van der Waals surface area contributed by atoms with Crippen LogP contribution < -0.4 is 5.73 Å². The van der Waals surface area contributed by atoms with Crippen molar-refractivity contribution < 1.29 is 14.3 Å². The number of aromatic nitrogens is 1. The molecular formula is C28H27N3O3. The van der Waals surface area contributed by atoms with Crippen LogP contribution in [0.2, 0.25) is 0 Å². The molecule has 3 N–H and O–H groups in total. The summed E-state index contributed by atoms with van der Waals surface area (Å²) in [6.45, 7) is 1.01. The Bertz CT molecular complexity index is 1310. The number of hydrogen-bond donors (Lipinski definition) is 2. The van der Waals surface area contributed by atoms with Gasteiger partial charge in [-0.25, -0.2) is 4.79 Å². The number of ether oxygens (including phenoxy) is 1. The Hall–Kier alpha value is -4.06. The number of benzene rings is 3. The number of aromatic amines is 1. The summed E-state index contributed by atoms with van der Waals surface area (Å²) in [6.07, 6.45) is 4.49. The van der Waals surface area contributed by atoms with Crippen molar-refractivity contribution in [3.8, 4) is 11.1 Å². The van der Waals surface area contributed by atoms with Crippen LogP contribution >= 0.6 is 0 Å². The monoisotopic (exact) mass is 453 g/mol. The number of nitrogens with two attached hydrogens (primary N) is 1. The molecular weight excluding hydrogens is 426 g/mol. The smallest absolute Gasteiger partial charge is 0.410 e. The van der Waals surface area contributed by atoms with Gasteiger partial charge in [-0.1, -0.05) is 48.5 Å². The van der Waals surface area contributed by atoms with Crippen LogP contribution in [-0.2, 0) is 17.8 Å². The quantitative estimate of drug-likeness (QED) is 0.416. The minimum atomic E-state index is -0.432. The van der Waals surface area contributed by atoms with Gasteiger partial charge in [-0.15, -0.1) is 0 Å². The molecule has 1 aliphatic rings. The summed E-state index contributed by atoms with van der Waals surface area (Å²) >= 11 is 0. The summed E-state index contributed by atoms with van der Waals surface area (Å²) in [6, 6.07) is 23.5. The topological polar surface area (TPSA) is 88.4 Å². The Labute approximate surface area is 198 Å². The van der Waals surface area contributed by atoms with E-state index in [9.17, 15) is 9.59 Å². The van der Waals surface area contributed by atoms with E-state index < -0.39 is 5.91 Å². The number of rotatable bonds is 6. The highest BCUT2D eigenvalue weighted by atomic mass is 16.6. The number of nitrogens with one attached hydrogen (secondary N) is 1. The number of nitrogens with zero attached hydrogens (tertiary/aromatic N) is 1. The average molecular weight is 454 g/mol. The van der Waals surface area contributed by atoms with E-state index in [0.29, 0.717) is 5.56 Å². The molecule has 1 fully saturated rings. The lowest BCUT2D eigenvalue weighted by atomic mass is 9.98. The van der Waals surface area contributed by atoms with Crippen molar-refractivity contribution >= 4 is 22.9 Å². The van der Waals surface area contributed by atoms with Gasteiger partial charge in [-0.2, -0.15) is 0 Å². The number of H-pyrrole nitrogens is 1. The van der Waals surface area contributed by atoms with Gasteiger partial charge in [0.05, 0.1) is 0 Å². The van der Waals surface area contributed by atoms with Crippen LogP contribution in [0.25, 0.3) is 22.0 Å². The molecule has 34 heavy (non-hydrogen) atoms. The van der Waals surface area contributed by atoms with E-state index in [1.54, 1.807) is 12.1 Å². The molecule has 1 saturated heterocycles. The molecule has 4 aromatic rings. The molecule has 2 heterocycles. The van der Waals surface area contributed by atoms with Gasteiger partial charge >= 0.3 is 6.09 Å². The highest BCUT2D eigenvalue weighted by molar-refractivity contribution is 5.93. The lowest BCUT2D eigenvalue weighted by molar-refractivity contribution is 0.0921. The van der Waals surface area contributed by atoms with Crippen molar-refractivity contribution in [2.45, 2.75) is 31.9 Å². The molecule has 0 spiro atoms. The fourth-order valence-electron chi connectivity index (χ4n) is 4.70. The number of likely N-dealkylation sites (tertiary alicyclic amines) is 1. The van der Waals surface area contributed by atoms with Crippen LogP contribution in [0.15, 0.2) is 79.0 Å². The molecule has 3 aromatic carbocycles. The fourth-order valence-corrected chi connectivity index (χ4v) is 4.70. The first kappa shape index (κ1) is 21.8. The number of fused-ring (bicyclic) bond motifs is 1. The van der Waals surface area contributed by atoms with Crippen LogP contribution in [-0.4, -0.2) is 34.5 Å². The maximum Gasteiger partial charge on any atom is 0.410 e. The van der Waals surface area contributed by atoms with E-state index in [1.807, 2.05) is 53.6 Å². The predicted octanol–water partition coefficient (Wildman–Crippen LogP) is 5.28. The normalized spacial score (nSPS) is 15.5. The Morgan fingerprint density at radius 3 is 2.53 bits per heavy atom. The third-order valence-corrected chi connectivity index (χ3v) is 6.54. The SMILES string of the molecule is NC(=O)c1ccc(-c2ccc3[nH]cc(CC4CCCN4C(=O)OCc4ccccc4)c3c2)cc1. The lowest BCUT2D eigenvalue weighted by Crippen LogP contribution is -2.37. The maximum absolute atomic E-state index is 12.8. The molecule has 0 aliphatic carbocycles. The van der Waals surface area contributed by atoms with Crippen molar-refractivity contribution in [1.29, 1.82) is 0 Å². The Morgan fingerprint density at radius 1 is 1.00 bits per heavy atom. The van der Waals surface area contributed by atoms with Crippen LogP contribution in [0.1, 0.15) is 34.3 Å². The van der Waals surface area contributed by atoms with E-state index in [0.717, 1.165) is 53.4 Å². The zero-order chi connectivity index (χ0) is 23.5. The van der Waals surface area contributed by atoms with Crippen molar-refractivity contribution in [3.63, 3.8) is 0 Å².